The third kappa shape index (κ3) is 6.41. The zero-order valence-corrected chi connectivity index (χ0v) is 16.6. The normalized spacial score (nSPS) is 13.5. The number of nitrogens with zero attached hydrogens (tertiary/aromatic N) is 1. The van der Waals surface area contributed by atoms with Crippen LogP contribution in [0, 0.1) is 0 Å². The molecule has 0 aromatic heterocycles. The first-order chi connectivity index (χ1) is 14.1. The lowest BCUT2D eigenvalue weighted by molar-refractivity contribution is -0.125. The van der Waals surface area contributed by atoms with Gasteiger partial charge in [0.15, 0.2) is 6.61 Å². The maximum Gasteiger partial charge on any atom is 0.258 e. The molecule has 0 atom stereocenters. The van der Waals surface area contributed by atoms with Crippen LogP contribution in [0.2, 0.25) is 0 Å². The molecule has 3 rings (SSSR count). The molecule has 0 radical (unpaired) electrons. The van der Waals surface area contributed by atoms with Crippen molar-refractivity contribution >= 4 is 23.2 Å². The Morgan fingerprint density at radius 3 is 2.21 bits per heavy atom. The van der Waals surface area contributed by atoms with Crippen LogP contribution in [-0.4, -0.2) is 45.2 Å². The molecule has 2 N–H and O–H groups in total. The molecule has 7 heteroatoms. The van der Waals surface area contributed by atoms with E-state index in [1.54, 1.807) is 31.4 Å². The Labute approximate surface area is 171 Å². The molecular formula is C22H27N3O4. The Balaban J connectivity index is 1.38. The molecule has 2 aromatic rings. The molecule has 1 saturated heterocycles. The summed E-state index contributed by atoms with van der Waals surface area (Å²) >= 11 is 0. The number of carbonyl (C=O) groups excluding carboxylic acids is 2. The number of hydrogen-bond acceptors (Lipinski definition) is 5. The lowest BCUT2D eigenvalue weighted by Crippen LogP contribution is -2.35. The maximum absolute atomic E-state index is 12.1. The number of nitrogens with one attached hydrogen (secondary N) is 2. The summed E-state index contributed by atoms with van der Waals surface area (Å²) < 4.78 is 10.4. The van der Waals surface area contributed by atoms with Crippen LogP contribution in [-0.2, 0) is 9.59 Å². The van der Waals surface area contributed by atoms with Crippen LogP contribution in [0.5, 0.6) is 11.5 Å². The van der Waals surface area contributed by atoms with Crippen LogP contribution in [0.25, 0.3) is 0 Å². The van der Waals surface area contributed by atoms with Gasteiger partial charge in [-0.05, 0) is 67.8 Å². The van der Waals surface area contributed by atoms with E-state index in [4.69, 9.17) is 9.47 Å². The van der Waals surface area contributed by atoms with Crippen LogP contribution in [0.3, 0.4) is 0 Å². The summed E-state index contributed by atoms with van der Waals surface area (Å²) in [6.45, 7) is 1.88. The van der Waals surface area contributed by atoms with Gasteiger partial charge in [0.1, 0.15) is 11.5 Å². The average molecular weight is 397 g/mol. The summed E-state index contributed by atoms with van der Waals surface area (Å²) in [6.07, 6.45) is 3.74. The number of hydrogen-bond donors (Lipinski definition) is 2. The highest BCUT2D eigenvalue weighted by Crippen LogP contribution is 2.21. The molecule has 29 heavy (non-hydrogen) atoms. The van der Waals surface area contributed by atoms with Gasteiger partial charge in [0.05, 0.1) is 13.7 Å². The molecule has 1 aliphatic heterocycles. The summed E-state index contributed by atoms with van der Waals surface area (Å²) in [5, 5.41) is 5.34. The number of piperidine rings is 1. The minimum Gasteiger partial charge on any atom is -0.497 e. The van der Waals surface area contributed by atoms with E-state index in [2.05, 4.69) is 15.5 Å². The smallest absolute Gasteiger partial charge is 0.258 e. The Morgan fingerprint density at radius 1 is 0.897 bits per heavy atom. The number of carbonyl (C=O) groups is 2. The molecule has 1 aliphatic rings. The highest BCUT2D eigenvalue weighted by molar-refractivity contribution is 5.94. The van der Waals surface area contributed by atoms with Crippen molar-refractivity contribution < 1.29 is 19.1 Å². The van der Waals surface area contributed by atoms with Crippen LogP contribution < -0.4 is 25.0 Å². The van der Waals surface area contributed by atoms with Gasteiger partial charge in [-0.2, -0.15) is 0 Å². The van der Waals surface area contributed by atoms with Gasteiger partial charge in [-0.3, -0.25) is 9.59 Å². The largest absolute Gasteiger partial charge is 0.497 e. The highest BCUT2D eigenvalue weighted by atomic mass is 16.5. The van der Waals surface area contributed by atoms with Crippen molar-refractivity contribution in [2.75, 3.05) is 43.6 Å². The number of ether oxygens (including phenoxy) is 2. The average Bonchev–Trinajstić information content (AvgIpc) is 2.78. The van der Waals surface area contributed by atoms with Gasteiger partial charge in [-0.15, -0.1) is 0 Å². The summed E-state index contributed by atoms with van der Waals surface area (Å²) in [4.78, 5) is 26.3. The number of benzene rings is 2. The first-order valence-electron chi connectivity index (χ1n) is 9.82. The van der Waals surface area contributed by atoms with Gasteiger partial charge < -0.3 is 25.0 Å². The molecule has 0 saturated carbocycles. The fraction of sp³-hybridized carbons (Fsp3) is 0.364. The minimum absolute atomic E-state index is 0.112. The highest BCUT2D eigenvalue weighted by Gasteiger charge is 2.11. The second kappa shape index (κ2) is 10.4. The molecular weight excluding hydrogens is 370 g/mol. The molecule has 2 amide bonds. The fourth-order valence-corrected chi connectivity index (χ4v) is 3.16. The van der Waals surface area contributed by atoms with Crippen LogP contribution >= 0.6 is 0 Å². The van der Waals surface area contributed by atoms with Gasteiger partial charge in [0, 0.05) is 24.5 Å². The fourth-order valence-electron chi connectivity index (χ4n) is 3.16. The minimum atomic E-state index is -0.364. The van der Waals surface area contributed by atoms with Gasteiger partial charge in [-0.25, -0.2) is 0 Å². The first kappa shape index (κ1) is 20.5. The van der Waals surface area contributed by atoms with E-state index in [9.17, 15) is 9.59 Å². The summed E-state index contributed by atoms with van der Waals surface area (Å²) in [5.41, 5.74) is 1.88. The lowest BCUT2D eigenvalue weighted by Gasteiger charge is -2.28. The summed E-state index contributed by atoms with van der Waals surface area (Å²) in [5.74, 6) is 0.617. The predicted molar refractivity (Wildman–Crippen MR) is 113 cm³/mol. The molecule has 2 aromatic carbocycles. The second-order valence-electron chi connectivity index (χ2n) is 6.88. The molecule has 154 valence electrons. The van der Waals surface area contributed by atoms with Crippen molar-refractivity contribution in [3.63, 3.8) is 0 Å². The Kier molecular flexibility index (Phi) is 7.33. The molecule has 0 aliphatic carbocycles. The third-order valence-electron chi connectivity index (χ3n) is 4.75. The quantitative estimate of drug-likeness (QED) is 0.716. The van der Waals surface area contributed by atoms with Crippen LogP contribution in [0.1, 0.15) is 19.3 Å². The van der Waals surface area contributed by atoms with Gasteiger partial charge in [0.2, 0.25) is 5.91 Å². The maximum atomic E-state index is 12.1. The lowest BCUT2D eigenvalue weighted by atomic mass is 10.1. The van der Waals surface area contributed by atoms with Crippen molar-refractivity contribution in [1.82, 2.24) is 5.32 Å². The molecule has 7 nitrogen and oxygen atoms in total. The molecule has 1 fully saturated rings. The second-order valence-corrected chi connectivity index (χ2v) is 6.88. The summed E-state index contributed by atoms with van der Waals surface area (Å²) in [7, 11) is 1.58. The van der Waals surface area contributed by atoms with E-state index in [-0.39, 0.29) is 25.0 Å². The topological polar surface area (TPSA) is 79.9 Å². The Bertz CT molecular complexity index is 800. The first-order valence-corrected chi connectivity index (χ1v) is 9.82. The molecule has 0 bridgehead atoms. The number of rotatable bonds is 8. The van der Waals surface area contributed by atoms with Gasteiger partial charge in [0.25, 0.3) is 5.91 Å². The standard InChI is InChI=1S/C22H27N3O4/c1-28-19-9-11-20(12-10-19)29-16-22(27)23-15-21(26)24-17-5-7-18(8-6-17)25-13-3-2-4-14-25/h5-12H,2-4,13-16H2,1H3,(H,23,27)(H,24,26). The molecule has 0 unspecified atom stereocenters. The van der Waals surface area contributed by atoms with Crippen molar-refractivity contribution in [3.8, 4) is 11.5 Å². The van der Waals surface area contributed by atoms with E-state index < -0.39 is 0 Å². The number of anilines is 2. The zero-order chi connectivity index (χ0) is 20.5. The third-order valence-corrected chi connectivity index (χ3v) is 4.75. The summed E-state index contributed by atoms with van der Waals surface area (Å²) in [6, 6.07) is 14.7. The van der Waals surface area contributed by atoms with E-state index in [0.29, 0.717) is 17.2 Å². The Morgan fingerprint density at radius 2 is 1.55 bits per heavy atom. The van der Waals surface area contributed by atoms with E-state index in [1.165, 1.54) is 24.9 Å². The van der Waals surface area contributed by atoms with E-state index in [1.807, 2.05) is 24.3 Å². The van der Waals surface area contributed by atoms with Gasteiger partial charge in [-0.1, -0.05) is 0 Å². The van der Waals surface area contributed by atoms with E-state index >= 15 is 0 Å². The molecule has 0 spiro atoms. The van der Waals surface area contributed by atoms with Crippen molar-refractivity contribution in [3.05, 3.63) is 48.5 Å². The molecule has 1 heterocycles. The van der Waals surface area contributed by atoms with Crippen molar-refractivity contribution in [2.24, 2.45) is 0 Å². The van der Waals surface area contributed by atoms with Gasteiger partial charge >= 0.3 is 0 Å². The van der Waals surface area contributed by atoms with Crippen molar-refractivity contribution in [2.45, 2.75) is 19.3 Å². The number of methoxy groups -OCH3 is 1. The SMILES string of the molecule is COc1ccc(OCC(=O)NCC(=O)Nc2ccc(N3CCCCC3)cc2)cc1. The van der Waals surface area contributed by atoms with Crippen LogP contribution in [0.4, 0.5) is 11.4 Å². The monoisotopic (exact) mass is 397 g/mol. The Hall–Kier alpha value is -3.22. The zero-order valence-electron chi connectivity index (χ0n) is 16.6. The van der Waals surface area contributed by atoms with E-state index in [0.717, 1.165) is 13.1 Å². The number of amides is 2. The predicted octanol–water partition coefficient (Wildman–Crippen LogP) is 2.82. The van der Waals surface area contributed by atoms with Crippen LogP contribution in [0.15, 0.2) is 48.5 Å². The van der Waals surface area contributed by atoms with Crippen molar-refractivity contribution in [1.29, 1.82) is 0 Å².